The molecule has 7 heteroatoms. The maximum Gasteiger partial charge on any atom is 0.412 e. The van der Waals surface area contributed by atoms with E-state index >= 15 is 0 Å². The zero-order valence-electron chi connectivity index (χ0n) is 14.3. The maximum absolute atomic E-state index is 11.8. The van der Waals surface area contributed by atoms with Crippen LogP contribution in [-0.2, 0) is 4.74 Å². The van der Waals surface area contributed by atoms with Crippen LogP contribution >= 0.6 is 0 Å². The molecule has 0 bridgehead atoms. The van der Waals surface area contributed by atoms with Gasteiger partial charge in [-0.1, -0.05) is 25.6 Å². The molecule has 0 aliphatic carbocycles. The number of nitro groups is 1. The van der Waals surface area contributed by atoms with Crippen molar-refractivity contribution in [2.24, 2.45) is 0 Å². The van der Waals surface area contributed by atoms with Gasteiger partial charge in [-0.05, 0) is 32.9 Å². The third-order valence-electron chi connectivity index (χ3n) is 2.41. The molecule has 1 amide bonds. The van der Waals surface area contributed by atoms with E-state index in [-0.39, 0.29) is 11.4 Å². The molecule has 0 unspecified atom stereocenters. The summed E-state index contributed by atoms with van der Waals surface area (Å²) in [6, 6.07) is 4.48. The predicted octanol–water partition coefficient (Wildman–Crippen LogP) is 4.17. The van der Waals surface area contributed by atoms with Gasteiger partial charge in [0.25, 0.3) is 5.69 Å². The minimum atomic E-state index is -1.57. The number of nitrogens with zero attached hydrogens (tertiary/aromatic N) is 1. The zero-order chi connectivity index (χ0) is 17.8. The molecule has 1 N–H and O–H groups in total. The number of nitrogens with one attached hydrogen (secondary N) is 1. The molecule has 0 heterocycles. The third kappa shape index (κ3) is 6.97. The first-order chi connectivity index (χ1) is 10.4. The van der Waals surface area contributed by atoms with E-state index in [0.29, 0.717) is 5.56 Å². The topological polar surface area (TPSA) is 81.5 Å². The van der Waals surface area contributed by atoms with E-state index < -0.39 is 24.7 Å². The van der Waals surface area contributed by atoms with E-state index in [1.807, 2.05) is 0 Å². The van der Waals surface area contributed by atoms with Crippen molar-refractivity contribution in [3.63, 3.8) is 0 Å². The minimum Gasteiger partial charge on any atom is -0.444 e. The minimum absolute atomic E-state index is 0.0859. The SMILES string of the molecule is CC(C)(C)OC(=O)Nc1ccc(C#C[Si](C)(C)C)cc1[N+](=O)[O-]. The van der Waals surface area contributed by atoms with Crippen LogP contribution in [0.25, 0.3) is 0 Å². The molecule has 0 aliphatic rings. The van der Waals surface area contributed by atoms with Gasteiger partial charge in [-0.15, -0.1) is 5.54 Å². The zero-order valence-corrected chi connectivity index (χ0v) is 15.3. The van der Waals surface area contributed by atoms with Crippen LogP contribution < -0.4 is 5.32 Å². The maximum atomic E-state index is 11.8. The highest BCUT2D eigenvalue weighted by molar-refractivity contribution is 6.83. The lowest BCUT2D eigenvalue weighted by Crippen LogP contribution is -2.27. The number of hydrogen-bond acceptors (Lipinski definition) is 4. The second-order valence-electron chi connectivity index (χ2n) is 7.12. The number of carbonyl (C=O) groups is 1. The van der Waals surface area contributed by atoms with Crippen LogP contribution in [0.2, 0.25) is 19.6 Å². The number of rotatable bonds is 2. The van der Waals surface area contributed by atoms with Crippen LogP contribution in [0.3, 0.4) is 0 Å². The van der Waals surface area contributed by atoms with Crippen molar-refractivity contribution in [3.05, 3.63) is 33.9 Å². The Kier molecular flexibility index (Phi) is 5.56. The van der Waals surface area contributed by atoms with Gasteiger partial charge in [0.2, 0.25) is 0 Å². The van der Waals surface area contributed by atoms with Crippen molar-refractivity contribution in [1.82, 2.24) is 0 Å². The molecule has 124 valence electrons. The molecule has 0 radical (unpaired) electrons. The van der Waals surface area contributed by atoms with E-state index in [0.717, 1.165) is 0 Å². The smallest absolute Gasteiger partial charge is 0.412 e. The second kappa shape index (κ2) is 6.83. The molecule has 0 aliphatic heterocycles. The molecule has 0 saturated heterocycles. The molecular formula is C16H22N2O4Si. The van der Waals surface area contributed by atoms with Crippen LogP contribution in [0.15, 0.2) is 18.2 Å². The molecule has 1 aromatic rings. The van der Waals surface area contributed by atoms with Gasteiger partial charge >= 0.3 is 6.09 Å². The highest BCUT2D eigenvalue weighted by Crippen LogP contribution is 2.26. The standard InChI is InChI=1S/C16H22N2O4Si/c1-16(2,3)22-15(19)17-13-8-7-12(9-10-23(4,5)6)11-14(13)18(20)21/h7-8,11H,1-6H3,(H,17,19). The average Bonchev–Trinajstić information content (AvgIpc) is 2.33. The van der Waals surface area contributed by atoms with Crippen LogP contribution in [-0.4, -0.2) is 24.7 Å². The Morgan fingerprint density at radius 1 is 1.30 bits per heavy atom. The third-order valence-corrected chi connectivity index (χ3v) is 3.29. The van der Waals surface area contributed by atoms with Crippen molar-refractivity contribution in [1.29, 1.82) is 0 Å². The average molecular weight is 334 g/mol. The Morgan fingerprint density at radius 3 is 2.39 bits per heavy atom. The lowest BCUT2D eigenvalue weighted by molar-refractivity contribution is -0.383. The van der Waals surface area contributed by atoms with Crippen LogP contribution in [0.5, 0.6) is 0 Å². The number of amides is 1. The van der Waals surface area contributed by atoms with E-state index in [1.165, 1.54) is 12.1 Å². The van der Waals surface area contributed by atoms with Gasteiger partial charge in [0, 0.05) is 11.6 Å². The quantitative estimate of drug-likeness (QED) is 0.381. The van der Waals surface area contributed by atoms with Gasteiger partial charge in [-0.3, -0.25) is 15.4 Å². The monoisotopic (exact) mass is 334 g/mol. The Bertz CT molecular complexity index is 676. The van der Waals surface area contributed by atoms with Crippen LogP contribution in [0.1, 0.15) is 26.3 Å². The summed E-state index contributed by atoms with van der Waals surface area (Å²) in [4.78, 5) is 22.4. The predicted molar refractivity (Wildman–Crippen MR) is 93.2 cm³/mol. The Hall–Kier alpha value is -2.33. The Morgan fingerprint density at radius 2 is 1.91 bits per heavy atom. The summed E-state index contributed by atoms with van der Waals surface area (Å²) in [6.07, 6.45) is -0.735. The van der Waals surface area contributed by atoms with Crippen molar-refractivity contribution >= 4 is 25.5 Å². The molecule has 1 rings (SSSR count). The highest BCUT2D eigenvalue weighted by Gasteiger charge is 2.21. The van der Waals surface area contributed by atoms with E-state index in [1.54, 1.807) is 26.8 Å². The molecule has 23 heavy (non-hydrogen) atoms. The molecule has 0 saturated carbocycles. The van der Waals surface area contributed by atoms with E-state index in [2.05, 4.69) is 36.4 Å². The fourth-order valence-corrected chi connectivity index (χ4v) is 2.06. The summed E-state index contributed by atoms with van der Waals surface area (Å²) in [5.74, 6) is 2.96. The number of carbonyl (C=O) groups excluding carboxylic acids is 1. The number of ether oxygens (including phenoxy) is 1. The van der Waals surface area contributed by atoms with Crippen LogP contribution in [0, 0.1) is 21.6 Å². The van der Waals surface area contributed by atoms with Gasteiger partial charge in [0.1, 0.15) is 19.4 Å². The Balaban J connectivity index is 3.08. The first-order valence-electron chi connectivity index (χ1n) is 7.19. The largest absolute Gasteiger partial charge is 0.444 e. The lowest BCUT2D eigenvalue weighted by atomic mass is 10.2. The van der Waals surface area contributed by atoms with Gasteiger partial charge in [0.05, 0.1) is 4.92 Å². The van der Waals surface area contributed by atoms with Crippen molar-refractivity contribution in [3.8, 4) is 11.5 Å². The fourth-order valence-electron chi connectivity index (χ4n) is 1.54. The number of anilines is 1. The second-order valence-corrected chi connectivity index (χ2v) is 11.9. The molecule has 6 nitrogen and oxygen atoms in total. The molecule has 0 atom stereocenters. The number of benzene rings is 1. The molecule has 0 fully saturated rings. The van der Waals surface area contributed by atoms with E-state index in [4.69, 9.17) is 4.74 Å². The van der Waals surface area contributed by atoms with Crippen molar-refractivity contribution in [2.75, 3.05) is 5.32 Å². The first-order valence-corrected chi connectivity index (χ1v) is 10.7. The highest BCUT2D eigenvalue weighted by atomic mass is 28.3. The van der Waals surface area contributed by atoms with Crippen molar-refractivity contribution in [2.45, 2.75) is 46.0 Å². The summed E-state index contributed by atoms with van der Waals surface area (Å²) in [7, 11) is -1.57. The lowest BCUT2D eigenvalue weighted by Gasteiger charge is -2.19. The van der Waals surface area contributed by atoms with Gasteiger partial charge < -0.3 is 4.74 Å². The van der Waals surface area contributed by atoms with Crippen LogP contribution in [0.4, 0.5) is 16.2 Å². The summed E-state index contributed by atoms with van der Waals surface area (Å²) in [6.45, 7) is 11.4. The van der Waals surface area contributed by atoms with Gasteiger partial charge in [-0.2, -0.15) is 0 Å². The summed E-state index contributed by atoms with van der Waals surface area (Å²) >= 11 is 0. The summed E-state index contributed by atoms with van der Waals surface area (Å²) in [5, 5.41) is 13.6. The van der Waals surface area contributed by atoms with Gasteiger partial charge in [0.15, 0.2) is 0 Å². The molecule has 0 aromatic heterocycles. The first kappa shape index (κ1) is 18.7. The normalized spacial score (nSPS) is 11.2. The Labute approximate surface area is 137 Å². The molecular weight excluding hydrogens is 312 g/mol. The molecule has 0 spiro atoms. The van der Waals surface area contributed by atoms with Crippen molar-refractivity contribution < 1.29 is 14.5 Å². The summed E-state index contributed by atoms with van der Waals surface area (Å²) < 4.78 is 5.10. The number of nitro benzene ring substituents is 1. The number of hydrogen-bond donors (Lipinski definition) is 1. The summed E-state index contributed by atoms with van der Waals surface area (Å²) in [5.41, 5.74) is 2.90. The van der Waals surface area contributed by atoms with Gasteiger partial charge in [-0.25, -0.2) is 4.79 Å². The van der Waals surface area contributed by atoms with E-state index in [9.17, 15) is 14.9 Å². The fraction of sp³-hybridized carbons (Fsp3) is 0.438. The molecule has 1 aromatic carbocycles.